The van der Waals surface area contributed by atoms with Crippen LogP contribution >= 0.6 is 11.3 Å². The molecule has 0 bridgehead atoms. The van der Waals surface area contributed by atoms with Crippen LogP contribution < -0.4 is 0 Å². The Balaban J connectivity index is 2.34. The average molecular weight is 336 g/mol. The number of benzene rings is 1. The summed E-state index contributed by atoms with van der Waals surface area (Å²) in [4.78, 5) is 16.3. The van der Waals surface area contributed by atoms with Crippen LogP contribution in [0.25, 0.3) is 11.3 Å². The molecule has 2 rings (SSSR count). The summed E-state index contributed by atoms with van der Waals surface area (Å²) < 4.78 is 32.8. The third-order valence-corrected chi connectivity index (χ3v) is 4.13. The highest BCUT2D eigenvalue weighted by atomic mass is 32.1. The molecule has 4 nitrogen and oxygen atoms in total. The lowest BCUT2D eigenvalue weighted by Gasteiger charge is -2.12. The molecule has 0 spiro atoms. The largest absolute Gasteiger partial charge is 0.371 e. The van der Waals surface area contributed by atoms with E-state index in [-0.39, 0.29) is 16.3 Å². The molecule has 0 N–H and O–H groups in total. The molecule has 0 saturated carbocycles. The van der Waals surface area contributed by atoms with Crippen LogP contribution in [-0.2, 0) is 9.53 Å². The predicted molar refractivity (Wildman–Crippen MR) is 81.9 cm³/mol. The van der Waals surface area contributed by atoms with E-state index in [2.05, 4.69) is 4.98 Å². The molecule has 1 aromatic heterocycles. The standard InChI is InChI=1S/C16H14F2N2O2S/c1-3-22-9(2)15(21)10(7-19)16-20-13(8-23-16)14-11(17)5-4-6-12(14)18/h4-6,8-10H,3H2,1-2H3/t9-,10-/m0/s1. The number of halogens is 2. The van der Waals surface area contributed by atoms with Gasteiger partial charge in [0.05, 0.1) is 17.3 Å². The first-order chi connectivity index (χ1) is 11.0. The number of thiazole rings is 1. The number of nitrogens with zero attached hydrogens (tertiary/aromatic N) is 2. The number of carbonyl (C=O) groups excluding carboxylic acids is 1. The van der Waals surface area contributed by atoms with Crippen molar-refractivity contribution in [3.05, 3.63) is 40.2 Å². The minimum atomic E-state index is -1.12. The van der Waals surface area contributed by atoms with Gasteiger partial charge in [0.1, 0.15) is 22.7 Å². The summed E-state index contributed by atoms with van der Waals surface area (Å²) in [6.07, 6.45) is -0.748. The van der Waals surface area contributed by atoms with Gasteiger partial charge in [0, 0.05) is 12.0 Å². The fraction of sp³-hybridized carbons (Fsp3) is 0.312. The molecule has 0 aliphatic heterocycles. The van der Waals surface area contributed by atoms with Crippen molar-refractivity contribution >= 4 is 17.1 Å². The molecule has 0 unspecified atom stereocenters. The predicted octanol–water partition coefficient (Wildman–Crippen LogP) is 3.69. The number of ketones is 1. The molecule has 0 fully saturated rings. The zero-order valence-electron chi connectivity index (χ0n) is 12.5. The summed E-state index contributed by atoms with van der Waals surface area (Å²) in [5.74, 6) is -3.04. The van der Waals surface area contributed by atoms with E-state index in [0.29, 0.717) is 6.61 Å². The Morgan fingerprint density at radius 1 is 1.43 bits per heavy atom. The van der Waals surface area contributed by atoms with Crippen molar-refractivity contribution in [2.75, 3.05) is 6.61 Å². The molecule has 0 saturated heterocycles. The molecule has 0 radical (unpaired) electrons. The van der Waals surface area contributed by atoms with Gasteiger partial charge in [-0.25, -0.2) is 13.8 Å². The Hall–Kier alpha value is -2.17. The summed E-state index contributed by atoms with van der Waals surface area (Å²) >= 11 is 1.01. The Kier molecular flexibility index (Phi) is 5.53. The summed E-state index contributed by atoms with van der Waals surface area (Å²) in [5, 5.41) is 10.9. The van der Waals surface area contributed by atoms with Gasteiger partial charge < -0.3 is 4.74 Å². The van der Waals surface area contributed by atoms with Crippen LogP contribution in [0.15, 0.2) is 23.6 Å². The maximum Gasteiger partial charge on any atom is 0.185 e. The number of aromatic nitrogens is 1. The van der Waals surface area contributed by atoms with Crippen molar-refractivity contribution in [1.82, 2.24) is 4.98 Å². The Morgan fingerprint density at radius 2 is 2.09 bits per heavy atom. The van der Waals surface area contributed by atoms with Gasteiger partial charge in [0.15, 0.2) is 11.7 Å². The van der Waals surface area contributed by atoms with Crippen molar-refractivity contribution in [2.45, 2.75) is 25.9 Å². The minimum Gasteiger partial charge on any atom is -0.371 e. The van der Waals surface area contributed by atoms with Crippen LogP contribution in [0.4, 0.5) is 8.78 Å². The van der Waals surface area contributed by atoms with Gasteiger partial charge in [-0.1, -0.05) is 6.07 Å². The second kappa shape index (κ2) is 7.40. The number of ether oxygens (including phenoxy) is 1. The van der Waals surface area contributed by atoms with Gasteiger partial charge in [0.25, 0.3) is 0 Å². The molecular formula is C16H14F2N2O2S. The number of carbonyl (C=O) groups is 1. The summed E-state index contributed by atoms with van der Waals surface area (Å²) in [7, 11) is 0. The fourth-order valence-electron chi connectivity index (χ4n) is 2.08. The van der Waals surface area contributed by atoms with E-state index in [1.165, 1.54) is 11.4 Å². The van der Waals surface area contributed by atoms with Gasteiger partial charge in [-0.15, -0.1) is 11.3 Å². The van der Waals surface area contributed by atoms with Gasteiger partial charge in [0.2, 0.25) is 0 Å². The number of Topliss-reactive ketones (excluding diaryl/α,β-unsaturated/α-hetero) is 1. The van der Waals surface area contributed by atoms with Gasteiger partial charge >= 0.3 is 0 Å². The highest BCUT2D eigenvalue weighted by Gasteiger charge is 2.29. The zero-order chi connectivity index (χ0) is 17.0. The number of hydrogen-bond acceptors (Lipinski definition) is 5. The van der Waals surface area contributed by atoms with Crippen LogP contribution in [0.1, 0.15) is 24.8 Å². The second-order valence-corrected chi connectivity index (χ2v) is 5.62. The van der Waals surface area contributed by atoms with Crippen molar-refractivity contribution < 1.29 is 18.3 Å². The highest BCUT2D eigenvalue weighted by Crippen LogP contribution is 2.30. The van der Waals surface area contributed by atoms with Gasteiger partial charge in [-0.2, -0.15) is 5.26 Å². The third kappa shape index (κ3) is 3.60. The SMILES string of the molecule is CCO[C@@H](C)C(=O)[C@H](C#N)c1nc(-c2c(F)cccc2F)cs1. The van der Waals surface area contributed by atoms with Crippen LogP contribution in [0.3, 0.4) is 0 Å². The lowest BCUT2D eigenvalue weighted by atomic mass is 10.0. The van der Waals surface area contributed by atoms with E-state index >= 15 is 0 Å². The molecule has 120 valence electrons. The molecular weight excluding hydrogens is 322 g/mol. The number of hydrogen-bond donors (Lipinski definition) is 0. The van der Waals surface area contributed by atoms with Crippen molar-refractivity contribution in [3.8, 4) is 17.3 Å². The molecule has 0 aliphatic rings. The van der Waals surface area contributed by atoms with E-state index in [9.17, 15) is 18.8 Å². The number of rotatable bonds is 6. The smallest absolute Gasteiger partial charge is 0.185 e. The fourth-order valence-corrected chi connectivity index (χ4v) is 2.94. The summed E-state index contributed by atoms with van der Waals surface area (Å²) in [6.45, 7) is 3.64. The average Bonchev–Trinajstić information content (AvgIpc) is 2.97. The quantitative estimate of drug-likeness (QED) is 0.807. The van der Waals surface area contributed by atoms with Crippen molar-refractivity contribution in [3.63, 3.8) is 0 Å². The lowest BCUT2D eigenvalue weighted by Crippen LogP contribution is -2.26. The minimum absolute atomic E-state index is 0.0673. The number of nitriles is 1. The second-order valence-electron chi connectivity index (χ2n) is 4.73. The van der Waals surface area contributed by atoms with Crippen LogP contribution in [-0.4, -0.2) is 23.5 Å². The molecule has 2 atom stereocenters. The molecule has 7 heteroatoms. The van der Waals surface area contributed by atoms with Gasteiger partial charge in [-0.3, -0.25) is 4.79 Å². The Morgan fingerprint density at radius 3 is 2.65 bits per heavy atom. The van der Waals surface area contributed by atoms with E-state index < -0.39 is 29.4 Å². The van der Waals surface area contributed by atoms with E-state index in [1.54, 1.807) is 13.8 Å². The van der Waals surface area contributed by atoms with Crippen LogP contribution in [0, 0.1) is 23.0 Å². The van der Waals surface area contributed by atoms with Gasteiger partial charge in [-0.05, 0) is 26.0 Å². The molecule has 1 aromatic carbocycles. The molecule has 0 aliphatic carbocycles. The first-order valence-corrected chi connectivity index (χ1v) is 7.82. The molecule has 23 heavy (non-hydrogen) atoms. The topological polar surface area (TPSA) is 63.0 Å². The van der Waals surface area contributed by atoms with Crippen LogP contribution in [0.2, 0.25) is 0 Å². The monoisotopic (exact) mass is 336 g/mol. The van der Waals surface area contributed by atoms with Crippen molar-refractivity contribution in [1.29, 1.82) is 5.26 Å². The first-order valence-electron chi connectivity index (χ1n) is 6.94. The van der Waals surface area contributed by atoms with E-state index in [4.69, 9.17) is 4.74 Å². The zero-order valence-corrected chi connectivity index (χ0v) is 13.4. The van der Waals surface area contributed by atoms with E-state index in [0.717, 1.165) is 23.5 Å². The summed E-state index contributed by atoms with van der Waals surface area (Å²) in [5.41, 5.74) is -0.199. The third-order valence-electron chi connectivity index (χ3n) is 3.22. The molecule has 1 heterocycles. The Labute approximate surface area is 136 Å². The molecule has 2 aromatic rings. The lowest BCUT2D eigenvalue weighted by molar-refractivity contribution is -0.129. The maximum absolute atomic E-state index is 13.8. The maximum atomic E-state index is 13.8. The van der Waals surface area contributed by atoms with Crippen LogP contribution in [0.5, 0.6) is 0 Å². The first kappa shape index (κ1) is 17.2. The van der Waals surface area contributed by atoms with Crippen molar-refractivity contribution in [2.24, 2.45) is 0 Å². The van der Waals surface area contributed by atoms with E-state index in [1.807, 2.05) is 6.07 Å². The normalized spacial score (nSPS) is 13.3. The summed E-state index contributed by atoms with van der Waals surface area (Å²) in [6, 6.07) is 5.39. The molecule has 0 amide bonds. The highest BCUT2D eigenvalue weighted by molar-refractivity contribution is 7.10. The Bertz CT molecular complexity index is 735.